The van der Waals surface area contributed by atoms with Crippen LogP contribution in [0.3, 0.4) is 0 Å². The zero-order chi connectivity index (χ0) is 14.4. The Morgan fingerprint density at radius 3 is 2.80 bits per heavy atom. The predicted octanol–water partition coefficient (Wildman–Crippen LogP) is 0.647. The third-order valence-electron chi connectivity index (χ3n) is 3.61. The fourth-order valence-corrected chi connectivity index (χ4v) is 3.37. The van der Waals surface area contributed by atoms with Crippen LogP contribution in [0.2, 0.25) is 0 Å². The molecule has 0 saturated carbocycles. The third kappa shape index (κ3) is 1.98. The summed E-state index contributed by atoms with van der Waals surface area (Å²) in [6.45, 7) is 1.90. The quantitative estimate of drug-likeness (QED) is 0.651. The highest BCUT2D eigenvalue weighted by Crippen LogP contribution is 2.35. The summed E-state index contributed by atoms with van der Waals surface area (Å²) in [6, 6.07) is 0. The standard InChI is InChI=1S/C12H15IN4O3/c1-2-6-8(18)9(19)12(20-6)17-3-5(13)7-10(14)15-4-16-11(7)17/h3-4,6,8-9,12,18-19H,2H2,1H3,(H2,14,15,16)/t6-,8-,9-,12-/m1/s1. The lowest BCUT2D eigenvalue weighted by Crippen LogP contribution is -2.31. The number of nitrogens with two attached hydrogens (primary N) is 1. The van der Waals surface area contributed by atoms with Crippen molar-refractivity contribution in [2.24, 2.45) is 0 Å². The van der Waals surface area contributed by atoms with Crippen LogP contribution in [0.5, 0.6) is 0 Å². The van der Waals surface area contributed by atoms with Crippen LogP contribution in [-0.2, 0) is 4.74 Å². The maximum atomic E-state index is 10.2. The van der Waals surface area contributed by atoms with Crippen LogP contribution in [0.4, 0.5) is 5.82 Å². The zero-order valence-corrected chi connectivity index (χ0v) is 12.9. The van der Waals surface area contributed by atoms with Gasteiger partial charge in [-0.25, -0.2) is 9.97 Å². The number of fused-ring (bicyclic) bond motifs is 1. The molecule has 1 fully saturated rings. The summed E-state index contributed by atoms with van der Waals surface area (Å²) < 4.78 is 8.32. The number of anilines is 1. The van der Waals surface area contributed by atoms with Gasteiger partial charge in [-0.2, -0.15) is 0 Å². The van der Waals surface area contributed by atoms with Gasteiger partial charge in [-0.05, 0) is 29.0 Å². The van der Waals surface area contributed by atoms with Crippen molar-refractivity contribution in [3.05, 3.63) is 16.1 Å². The number of aromatic nitrogens is 3. The maximum absolute atomic E-state index is 10.2. The van der Waals surface area contributed by atoms with E-state index in [-0.39, 0.29) is 6.10 Å². The van der Waals surface area contributed by atoms with Gasteiger partial charge in [-0.1, -0.05) is 6.92 Å². The Balaban J connectivity index is 2.10. The van der Waals surface area contributed by atoms with E-state index in [1.165, 1.54) is 6.33 Å². The van der Waals surface area contributed by atoms with Crippen LogP contribution in [0.15, 0.2) is 12.5 Å². The molecule has 20 heavy (non-hydrogen) atoms. The number of halogens is 1. The van der Waals surface area contributed by atoms with Crippen LogP contribution in [0.1, 0.15) is 19.6 Å². The summed E-state index contributed by atoms with van der Waals surface area (Å²) >= 11 is 2.14. The minimum atomic E-state index is -0.998. The molecule has 0 radical (unpaired) electrons. The first-order valence-corrected chi connectivity index (χ1v) is 7.40. The minimum absolute atomic E-state index is 0.385. The molecule has 3 heterocycles. The number of aliphatic hydroxyl groups excluding tert-OH is 2. The summed E-state index contributed by atoms with van der Waals surface area (Å²) in [6.07, 6.45) is 0.845. The number of hydrogen-bond donors (Lipinski definition) is 3. The summed E-state index contributed by atoms with van der Waals surface area (Å²) in [5.41, 5.74) is 6.46. The van der Waals surface area contributed by atoms with E-state index in [4.69, 9.17) is 10.5 Å². The predicted molar refractivity (Wildman–Crippen MR) is 80.9 cm³/mol. The number of nitrogens with zero attached hydrogens (tertiary/aromatic N) is 3. The third-order valence-corrected chi connectivity index (χ3v) is 4.42. The smallest absolute Gasteiger partial charge is 0.164 e. The molecule has 1 saturated heterocycles. The second kappa shape index (κ2) is 5.10. The number of hydrogen-bond acceptors (Lipinski definition) is 6. The first-order valence-electron chi connectivity index (χ1n) is 6.32. The van der Waals surface area contributed by atoms with E-state index < -0.39 is 18.4 Å². The molecule has 4 atom stereocenters. The van der Waals surface area contributed by atoms with E-state index in [0.29, 0.717) is 17.9 Å². The van der Waals surface area contributed by atoms with E-state index in [0.717, 1.165) is 8.96 Å². The molecule has 0 bridgehead atoms. The summed E-state index contributed by atoms with van der Waals surface area (Å²) in [4.78, 5) is 8.18. The fraction of sp³-hybridized carbons (Fsp3) is 0.500. The van der Waals surface area contributed by atoms with Crippen LogP contribution in [0, 0.1) is 3.57 Å². The Morgan fingerprint density at radius 1 is 1.40 bits per heavy atom. The first-order chi connectivity index (χ1) is 9.54. The van der Waals surface area contributed by atoms with Gasteiger partial charge in [0, 0.05) is 9.77 Å². The van der Waals surface area contributed by atoms with E-state index in [1.54, 1.807) is 10.8 Å². The van der Waals surface area contributed by atoms with Crippen molar-refractivity contribution in [2.45, 2.75) is 37.9 Å². The molecule has 2 aromatic heterocycles. The van der Waals surface area contributed by atoms with Gasteiger partial charge in [-0.15, -0.1) is 0 Å². The first kappa shape index (κ1) is 14.0. The van der Waals surface area contributed by atoms with Crippen molar-refractivity contribution in [1.29, 1.82) is 0 Å². The van der Waals surface area contributed by atoms with Gasteiger partial charge >= 0.3 is 0 Å². The minimum Gasteiger partial charge on any atom is -0.388 e. The molecular weight excluding hydrogens is 375 g/mol. The molecule has 0 spiro atoms. The molecule has 108 valence electrons. The lowest BCUT2D eigenvalue weighted by Gasteiger charge is -2.17. The number of ether oxygens (including phenoxy) is 1. The molecule has 4 N–H and O–H groups in total. The Bertz CT molecular complexity index is 647. The number of rotatable bonds is 2. The van der Waals surface area contributed by atoms with Gasteiger partial charge in [0.1, 0.15) is 30.0 Å². The molecule has 1 aliphatic heterocycles. The van der Waals surface area contributed by atoms with Crippen molar-refractivity contribution in [1.82, 2.24) is 14.5 Å². The van der Waals surface area contributed by atoms with E-state index >= 15 is 0 Å². The normalized spacial score (nSPS) is 30.2. The van der Waals surface area contributed by atoms with Gasteiger partial charge in [0.15, 0.2) is 6.23 Å². The highest BCUT2D eigenvalue weighted by atomic mass is 127. The SMILES string of the molecule is CC[C@H]1O[C@@H](n2cc(I)c3c(N)ncnc32)[C@H](O)[C@@H]1O. The van der Waals surface area contributed by atoms with Gasteiger partial charge in [0.05, 0.1) is 11.5 Å². The van der Waals surface area contributed by atoms with Gasteiger partial charge in [-0.3, -0.25) is 0 Å². The van der Waals surface area contributed by atoms with Crippen LogP contribution >= 0.6 is 22.6 Å². The van der Waals surface area contributed by atoms with E-state index in [1.807, 2.05) is 6.92 Å². The molecule has 0 aromatic carbocycles. The molecule has 0 amide bonds. The van der Waals surface area contributed by atoms with Crippen molar-refractivity contribution in [2.75, 3.05) is 5.73 Å². The molecule has 1 aliphatic rings. The highest BCUT2D eigenvalue weighted by molar-refractivity contribution is 14.1. The average molecular weight is 390 g/mol. The van der Waals surface area contributed by atoms with Gasteiger partial charge < -0.3 is 25.3 Å². The average Bonchev–Trinajstić information content (AvgIpc) is 2.90. The summed E-state index contributed by atoms with van der Waals surface area (Å²) in [5.74, 6) is 0.387. The second-order valence-corrected chi connectivity index (χ2v) is 5.96. The lowest BCUT2D eigenvalue weighted by molar-refractivity contribution is -0.0353. The maximum Gasteiger partial charge on any atom is 0.164 e. The fourth-order valence-electron chi connectivity index (χ4n) is 2.55. The van der Waals surface area contributed by atoms with Crippen LogP contribution in [0.25, 0.3) is 11.0 Å². The van der Waals surface area contributed by atoms with E-state index in [2.05, 4.69) is 32.6 Å². The lowest BCUT2D eigenvalue weighted by atomic mass is 10.1. The van der Waals surface area contributed by atoms with Gasteiger partial charge in [0.25, 0.3) is 0 Å². The Labute approximate surface area is 128 Å². The highest BCUT2D eigenvalue weighted by Gasteiger charge is 2.43. The second-order valence-electron chi connectivity index (χ2n) is 4.80. The van der Waals surface area contributed by atoms with Gasteiger partial charge in [0.2, 0.25) is 0 Å². The Morgan fingerprint density at radius 2 is 2.15 bits per heavy atom. The van der Waals surface area contributed by atoms with Crippen LogP contribution < -0.4 is 5.73 Å². The molecule has 8 heteroatoms. The Hall–Kier alpha value is -0.970. The molecule has 2 aromatic rings. The largest absolute Gasteiger partial charge is 0.388 e. The van der Waals surface area contributed by atoms with Crippen molar-refractivity contribution >= 4 is 39.4 Å². The molecular formula is C12H15IN4O3. The summed E-state index contributed by atoms with van der Waals surface area (Å²) in [5, 5.41) is 20.9. The monoisotopic (exact) mass is 390 g/mol. The zero-order valence-electron chi connectivity index (χ0n) is 10.8. The van der Waals surface area contributed by atoms with Crippen molar-refractivity contribution in [3.63, 3.8) is 0 Å². The van der Waals surface area contributed by atoms with Crippen molar-refractivity contribution in [3.8, 4) is 0 Å². The molecule has 7 nitrogen and oxygen atoms in total. The molecule has 3 rings (SSSR count). The number of aliphatic hydroxyl groups is 2. The van der Waals surface area contributed by atoms with Crippen LogP contribution in [-0.4, -0.2) is 43.1 Å². The number of nitrogen functional groups attached to an aromatic ring is 1. The van der Waals surface area contributed by atoms with Crippen molar-refractivity contribution < 1.29 is 14.9 Å². The Kier molecular flexibility index (Phi) is 3.56. The topological polar surface area (TPSA) is 106 Å². The van der Waals surface area contributed by atoms with E-state index in [9.17, 15) is 10.2 Å². The molecule has 0 unspecified atom stereocenters. The summed E-state index contributed by atoms with van der Waals surface area (Å²) in [7, 11) is 0. The molecule has 0 aliphatic carbocycles.